The normalized spacial score (nSPS) is 20.8. The maximum Gasteiger partial charge on any atom is 0.327 e. The second-order valence-corrected chi connectivity index (χ2v) is 7.36. The lowest BCUT2D eigenvalue weighted by atomic mass is 9.90. The van der Waals surface area contributed by atoms with E-state index in [1.165, 1.54) is 7.11 Å². The molecular weight excluding hydrogens is 354 g/mol. The Labute approximate surface area is 163 Å². The van der Waals surface area contributed by atoms with Crippen LogP contribution in [0.25, 0.3) is 11.0 Å². The van der Waals surface area contributed by atoms with E-state index in [-0.39, 0.29) is 23.7 Å². The van der Waals surface area contributed by atoms with Gasteiger partial charge in [-0.3, -0.25) is 9.88 Å². The van der Waals surface area contributed by atoms with Gasteiger partial charge in [-0.05, 0) is 43.4 Å². The summed E-state index contributed by atoms with van der Waals surface area (Å²) in [7, 11) is 1.42. The summed E-state index contributed by atoms with van der Waals surface area (Å²) in [5.74, 6) is -0.277. The van der Waals surface area contributed by atoms with Gasteiger partial charge in [-0.15, -0.1) is 0 Å². The lowest BCUT2D eigenvalue weighted by molar-refractivity contribution is -0.143. The van der Waals surface area contributed by atoms with Crippen molar-refractivity contribution in [1.29, 1.82) is 0 Å². The van der Waals surface area contributed by atoms with Crippen LogP contribution in [0, 0.1) is 0 Å². The third-order valence-electron chi connectivity index (χ3n) is 5.66. The maximum atomic E-state index is 12.4. The van der Waals surface area contributed by atoms with E-state index in [2.05, 4.69) is 10.3 Å². The van der Waals surface area contributed by atoms with Crippen LogP contribution in [0.2, 0.25) is 0 Å². The average molecular weight is 379 g/mol. The Balaban J connectivity index is 1.47. The number of carbonyl (C=O) groups excluding carboxylic acids is 1. The number of imidazole rings is 1. The Morgan fingerprint density at radius 2 is 1.75 bits per heavy atom. The van der Waals surface area contributed by atoms with E-state index >= 15 is 0 Å². The number of hydrogen-bond acceptors (Lipinski definition) is 4. The second kappa shape index (κ2) is 8.02. The summed E-state index contributed by atoms with van der Waals surface area (Å²) in [6.45, 7) is 0. The van der Waals surface area contributed by atoms with Crippen molar-refractivity contribution in [2.75, 3.05) is 7.11 Å². The van der Waals surface area contributed by atoms with Crippen molar-refractivity contribution in [1.82, 2.24) is 14.9 Å². The number of benzene rings is 2. The number of methoxy groups -OCH3 is 1. The Kier molecular flexibility index (Phi) is 5.30. The van der Waals surface area contributed by atoms with E-state index in [0.717, 1.165) is 42.3 Å². The first-order chi connectivity index (χ1) is 13.7. The minimum atomic E-state index is -0.469. The predicted octanol–water partition coefficient (Wildman–Crippen LogP) is 3.32. The molecule has 146 valence electrons. The molecule has 0 spiro atoms. The highest BCUT2D eigenvalue weighted by Gasteiger charge is 2.29. The molecule has 2 aromatic carbocycles. The first kappa shape index (κ1) is 18.5. The average Bonchev–Trinajstić information content (AvgIpc) is 3.08. The van der Waals surface area contributed by atoms with Crippen molar-refractivity contribution < 1.29 is 9.53 Å². The van der Waals surface area contributed by atoms with Crippen molar-refractivity contribution in [2.45, 2.75) is 43.8 Å². The molecule has 0 bridgehead atoms. The van der Waals surface area contributed by atoms with Crippen LogP contribution in [0.15, 0.2) is 59.4 Å². The van der Waals surface area contributed by atoms with Gasteiger partial charge in [0.2, 0.25) is 0 Å². The van der Waals surface area contributed by atoms with Crippen molar-refractivity contribution in [3.63, 3.8) is 0 Å². The zero-order valence-corrected chi connectivity index (χ0v) is 15.9. The van der Waals surface area contributed by atoms with Gasteiger partial charge in [-0.1, -0.05) is 42.5 Å². The van der Waals surface area contributed by atoms with Crippen LogP contribution in [0.1, 0.15) is 43.3 Å². The number of hydrogen-bond donors (Lipinski definition) is 2. The van der Waals surface area contributed by atoms with E-state index in [0.29, 0.717) is 0 Å². The summed E-state index contributed by atoms with van der Waals surface area (Å²) in [5, 5.41) is 3.47. The van der Waals surface area contributed by atoms with Crippen LogP contribution < -0.4 is 11.0 Å². The molecule has 1 fully saturated rings. The van der Waals surface area contributed by atoms with E-state index in [9.17, 15) is 9.59 Å². The quantitative estimate of drug-likeness (QED) is 0.667. The van der Waals surface area contributed by atoms with Crippen LogP contribution in [-0.4, -0.2) is 28.7 Å². The molecule has 6 heteroatoms. The number of aromatic nitrogens is 2. The number of H-pyrrole nitrogens is 1. The smallest absolute Gasteiger partial charge is 0.327 e. The zero-order chi connectivity index (χ0) is 19.5. The third-order valence-corrected chi connectivity index (χ3v) is 5.66. The molecule has 2 N–H and O–H groups in total. The van der Waals surface area contributed by atoms with Crippen LogP contribution in [0.3, 0.4) is 0 Å². The number of carbonyl (C=O) groups is 1. The van der Waals surface area contributed by atoms with Crippen LogP contribution >= 0.6 is 0 Å². The topological polar surface area (TPSA) is 76.1 Å². The van der Waals surface area contributed by atoms with Gasteiger partial charge >= 0.3 is 11.7 Å². The van der Waals surface area contributed by atoms with E-state index in [4.69, 9.17) is 4.74 Å². The number of esters is 1. The number of para-hydroxylation sites is 2. The Morgan fingerprint density at radius 3 is 2.46 bits per heavy atom. The molecule has 3 aromatic rings. The fraction of sp³-hybridized carbons (Fsp3) is 0.364. The van der Waals surface area contributed by atoms with Crippen LogP contribution in [0.5, 0.6) is 0 Å². The standard InChI is InChI=1S/C22H25N3O3/c1-28-21(26)20(15-7-3-2-4-8-15)23-16-11-13-17(14-12-16)25-19-10-6-5-9-18(19)24-22(25)27/h2-10,16-17,20,23H,11-14H2,1H3,(H,24,27)/t16?,17?,20-/m0/s1. The Bertz CT molecular complexity index is 1000. The highest BCUT2D eigenvalue weighted by molar-refractivity contribution is 5.77. The minimum Gasteiger partial charge on any atom is -0.468 e. The monoisotopic (exact) mass is 379 g/mol. The maximum absolute atomic E-state index is 12.4. The molecule has 0 radical (unpaired) electrons. The van der Waals surface area contributed by atoms with Crippen molar-refractivity contribution in [3.05, 3.63) is 70.6 Å². The molecular formula is C22H25N3O3. The molecule has 1 aromatic heterocycles. The van der Waals surface area contributed by atoms with Crippen molar-refractivity contribution >= 4 is 17.0 Å². The summed E-state index contributed by atoms with van der Waals surface area (Å²) < 4.78 is 6.89. The SMILES string of the molecule is COC(=O)[C@@H](NC1CCC(n2c(=O)[nH]c3ccccc32)CC1)c1ccccc1. The number of nitrogens with one attached hydrogen (secondary N) is 2. The number of ether oxygens (including phenoxy) is 1. The molecule has 1 aliphatic carbocycles. The fourth-order valence-corrected chi connectivity index (χ4v) is 4.24. The molecule has 1 atom stereocenters. The van der Waals surface area contributed by atoms with Crippen LogP contribution in [0.4, 0.5) is 0 Å². The lowest BCUT2D eigenvalue weighted by Crippen LogP contribution is -2.40. The van der Waals surface area contributed by atoms with Gasteiger partial charge in [0, 0.05) is 12.1 Å². The van der Waals surface area contributed by atoms with Gasteiger partial charge in [-0.2, -0.15) is 0 Å². The van der Waals surface area contributed by atoms with Gasteiger partial charge in [0.1, 0.15) is 6.04 Å². The molecule has 1 heterocycles. The van der Waals surface area contributed by atoms with Gasteiger partial charge in [0.25, 0.3) is 0 Å². The van der Waals surface area contributed by atoms with E-state index < -0.39 is 6.04 Å². The largest absolute Gasteiger partial charge is 0.468 e. The number of fused-ring (bicyclic) bond motifs is 1. The van der Waals surface area contributed by atoms with Crippen molar-refractivity contribution in [3.8, 4) is 0 Å². The first-order valence-corrected chi connectivity index (χ1v) is 9.75. The van der Waals surface area contributed by atoms with E-state index in [1.54, 1.807) is 0 Å². The van der Waals surface area contributed by atoms with Gasteiger partial charge < -0.3 is 9.72 Å². The summed E-state index contributed by atoms with van der Waals surface area (Å²) in [6, 6.07) is 17.4. The van der Waals surface area contributed by atoms with Gasteiger partial charge in [0.05, 0.1) is 18.1 Å². The molecule has 1 saturated carbocycles. The molecule has 0 aliphatic heterocycles. The summed E-state index contributed by atoms with van der Waals surface area (Å²) in [4.78, 5) is 27.7. The summed E-state index contributed by atoms with van der Waals surface area (Å²) in [6.07, 6.45) is 3.58. The fourth-order valence-electron chi connectivity index (χ4n) is 4.24. The molecule has 1 aliphatic rings. The molecule has 6 nitrogen and oxygen atoms in total. The Morgan fingerprint density at radius 1 is 1.07 bits per heavy atom. The molecule has 0 amide bonds. The molecule has 28 heavy (non-hydrogen) atoms. The third kappa shape index (κ3) is 3.60. The lowest BCUT2D eigenvalue weighted by Gasteiger charge is -2.32. The molecule has 4 rings (SSSR count). The van der Waals surface area contributed by atoms with Crippen LogP contribution in [-0.2, 0) is 9.53 Å². The predicted molar refractivity (Wildman–Crippen MR) is 108 cm³/mol. The summed E-state index contributed by atoms with van der Waals surface area (Å²) in [5.41, 5.74) is 2.70. The highest BCUT2D eigenvalue weighted by atomic mass is 16.5. The van der Waals surface area contributed by atoms with Crippen molar-refractivity contribution in [2.24, 2.45) is 0 Å². The van der Waals surface area contributed by atoms with Gasteiger partial charge in [-0.25, -0.2) is 9.59 Å². The highest BCUT2D eigenvalue weighted by Crippen LogP contribution is 2.31. The molecule has 0 saturated heterocycles. The second-order valence-electron chi connectivity index (χ2n) is 7.36. The van der Waals surface area contributed by atoms with E-state index in [1.807, 2.05) is 59.2 Å². The van der Waals surface area contributed by atoms with Gasteiger partial charge in [0.15, 0.2) is 0 Å². The number of rotatable bonds is 5. The zero-order valence-electron chi connectivity index (χ0n) is 15.9. The minimum absolute atomic E-state index is 0.0469. The first-order valence-electron chi connectivity index (χ1n) is 9.75. The number of nitrogens with zero attached hydrogens (tertiary/aromatic N) is 1. The Hall–Kier alpha value is -2.86. The molecule has 0 unspecified atom stereocenters. The number of aromatic amines is 1. The summed E-state index contributed by atoms with van der Waals surface area (Å²) >= 11 is 0.